The molecule has 2 heteroatoms. The maximum atomic E-state index is 2.39. The summed E-state index contributed by atoms with van der Waals surface area (Å²) in [7, 11) is 0. The minimum absolute atomic E-state index is 1.09. The second-order valence-electron chi connectivity index (χ2n) is 14.1. The molecule has 0 N–H and O–H groups in total. The third-order valence-electron chi connectivity index (χ3n) is 10.8. The lowest BCUT2D eigenvalue weighted by atomic mass is 9.86. The van der Waals surface area contributed by atoms with Gasteiger partial charge in [0.15, 0.2) is 0 Å². The van der Waals surface area contributed by atoms with Gasteiger partial charge in [-0.1, -0.05) is 170 Å². The van der Waals surface area contributed by atoms with E-state index in [-0.39, 0.29) is 0 Å². The van der Waals surface area contributed by atoms with Crippen LogP contribution in [0.5, 0.6) is 0 Å². The topological polar surface area (TPSA) is 6.48 Å². The van der Waals surface area contributed by atoms with Crippen LogP contribution in [0.3, 0.4) is 0 Å². The molecule has 0 unspecified atom stereocenters. The van der Waals surface area contributed by atoms with E-state index in [1.807, 2.05) is 0 Å². The molecule has 0 spiro atoms. The molecule has 10 aromatic carbocycles. The molecule has 0 heterocycles. The van der Waals surface area contributed by atoms with E-state index >= 15 is 0 Å². The first kappa shape index (κ1) is 33.2. The molecule has 0 radical (unpaired) electrons. The van der Waals surface area contributed by atoms with Gasteiger partial charge in [0.2, 0.25) is 0 Å². The first-order chi connectivity index (χ1) is 27.8. The predicted octanol–water partition coefficient (Wildman–Crippen LogP) is 15.4. The van der Waals surface area contributed by atoms with Gasteiger partial charge in [-0.05, 0) is 104 Å². The van der Waals surface area contributed by atoms with Gasteiger partial charge in [0.1, 0.15) is 0 Å². The van der Waals surface area contributed by atoms with Crippen LogP contribution in [0.25, 0.3) is 54.6 Å². The van der Waals surface area contributed by atoms with Gasteiger partial charge >= 0.3 is 0 Å². The first-order valence-electron chi connectivity index (χ1n) is 19.2. The molecule has 0 atom stereocenters. The van der Waals surface area contributed by atoms with Crippen LogP contribution in [0.15, 0.2) is 231 Å². The lowest BCUT2D eigenvalue weighted by Crippen LogP contribution is -2.12. The number of anilines is 6. The van der Waals surface area contributed by atoms with Crippen molar-refractivity contribution in [2.45, 2.75) is 0 Å². The highest BCUT2D eigenvalue weighted by Crippen LogP contribution is 2.46. The number of fused-ring (bicyclic) bond motifs is 3. The van der Waals surface area contributed by atoms with Gasteiger partial charge in [0.05, 0.1) is 11.4 Å². The van der Waals surface area contributed by atoms with Crippen molar-refractivity contribution in [1.29, 1.82) is 0 Å². The van der Waals surface area contributed by atoms with E-state index < -0.39 is 0 Å². The smallest absolute Gasteiger partial charge is 0.0540 e. The molecule has 0 aliphatic rings. The Bertz CT molecular complexity index is 2850. The second kappa shape index (κ2) is 14.4. The zero-order valence-corrected chi connectivity index (χ0v) is 30.8. The van der Waals surface area contributed by atoms with Crippen molar-refractivity contribution in [3.63, 3.8) is 0 Å². The largest absolute Gasteiger partial charge is 0.310 e. The Morgan fingerprint density at radius 2 is 0.482 bits per heavy atom. The molecule has 0 saturated carbocycles. The maximum absolute atomic E-state index is 2.39. The molecule has 2 nitrogen and oxygen atoms in total. The summed E-state index contributed by atoms with van der Waals surface area (Å²) in [4.78, 5) is 4.74. The highest BCUT2D eigenvalue weighted by Gasteiger charge is 2.21. The highest BCUT2D eigenvalue weighted by molar-refractivity contribution is 6.21. The minimum atomic E-state index is 1.09. The van der Waals surface area contributed by atoms with E-state index in [2.05, 4.69) is 240 Å². The average Bonchev–Trinajstić information content (AvgIpc) is 3.28. The molecule has 0 amide bonds. The predicted molar refractivity (Wildman–Crippen MR) is 239 cm³/mol. The van der Waals surface area contributed by atoms with Gasteiger partial charge in [-0.25, -0.2) is 0 Å². The zero-order valence-electron chi connectivity index (χ0n) is 30.8. The third kappa shape index (κ3) is 5.85. The van der Waals surface area contributed by atoms with Crippen molar-refractivity contribution < 1.29 is 0 Å². The van der Waals surface area contributed by atoms with Crippen LogP contribution in [0, 0.1) is 0 Å². The van der Waals surface area contributed by atoms with Crippen LogP contribution in [0.1, 0.15) is 0 Å². The number of para-hydroxylation sites is 3. The van der Waals surface area contributed by atoms with Gasteiger partial charge in [-0.3, -0.25) is 0 Å². The molecule has 10 rings (SSSR count). The molecule has 0 aromatic heterocycles. The maximum Gasteiger partial charge on any atom is 0.0540 e. The Hall–Kier alpha value is -7.42. The van der Waals surface area contributed by atoms with Crippen LogP contribution in [0.4, 0.5) is 34.1 Å². The molecular weight excluding hydrogens is 677 g/mol. The summed E-state index contributed by atoms with van der Waals surface area (Å²) in [6.07, 6.45) is 0. The van der Waals surface area contributed by atoms with Crippen LogP contribution in [-0.4, -0.2) is 0 Å². The van der Waals surface area contributed by atoms with E-state index in [0.29, 0.717) is 0 Å². The van der Waals surface area contributed by atoms with E-state index in [1.165, 1.54) is 54.6 Å². The SMILES string of the molecule is c1ccc(-c2c3ccccc3c(-c3ccc(N(c4ccccc4)c4cccc5c(N(c6ccccc6)c6ccccc6)cccc45)cc3)c3ccccc23)cc1. The summed E-state index contributed by atoms with van der Waals surface area (Å²) in [6.45, 7) is 0. The second-order valence-corrected chi connectivity index (χ2v) is 14.1. The molecule has 56 heavy (non-hydrogen) atoms. The third-order valence-corrected chi connectivity index (χ3v) is 10.8. The summed E-state index contributed by atoms with van der Waals surface area (Å²) in [5, 5.41) is 7.36. The molecule has 0 aliphatic carbocycles. The highest BCUT2D eigenvalue weighted by atomic mass is 15.2. The van der Waals surface area contributed by atoms with E-state index in [0.717, 1.165) is 34.1 Å². The Morgan fingerprint density at radius 1 is 0.196 bits per heavy atom. The van der Waals surface area contributed by atoms with Crippen LogP contribution in [-0.2, 0) is 0 Å². The first-order valence-corrected chi connectivity index (χ1v) is 19.2. The lowest BCUT2D eigenvalue weighted by Gasteiger charge is -2.30. The molecule has 0 saturated heterocycles. The molecule has 10 aromatic rings. The summed E-state index contributed by atoms with van der Waals surface area (Å²) in [6, 6.07) is 82.9. The van der Waals surface area contributed by atoms with Gasteiger partial charge in [0, 0.05) is 33.5 Å². The van der Waals surface area contributed by atoms with Crippen molar-refractivity contribution in [1.82, 2.24) is 0 Å². The van der Waals surface area contributed by atoms with Crippen molar-refractivity contribution in [3.8, 4) is 22.3 Å². The summed E-state index contributed by atoms with van der Waals surface area (Å²) in [5.41, 5.74) is 11.6. The van der Waals surface area contributed by atoms with Crippen molar-refractivity contribution in [2.24, 2.45) is 0 Å². The number of nitrogens with zero attached hydrogens (tertiary/aromatic N) is 2. The van der Waals surface area contributed by atoms with Crippen molar-refractivity contribution in [3.05, 3.63) is 231 Å². The number of hydrogen-bond acceptors (Lipinski definition) is 2. The summed E-state index contributed by atoms with van der Waals surface area (Å²) < 4.78 is 0. The van der Waals surface area contributed by atoms with Crippen molar-refractivity contribution >= 4 is 66.4 Å². The Kier molecular flexibility index (Phi) is 8.55. The Morgan fingerprint density at radius 3 is 0.857 bits per heavy atom. The van der Waals surface area contributed by atoms with Crippen LogP contribution in [0.2, 0.25) is 0 Å². The van der Waals surface area contributed by atoms with Crippen LogP contribution < -0.4 is 9.80 Å². The van der Waals surface area contributed by atoms with E-state index in [9.17, 15) is 0 Å². The fourth-order valence-electron chi connectivity index (χ4n) is 8.38. The van der Waals surface area contributed by atoms with Crippen molar-refractivity contribution in [2.75, 3.05) is 9.80 Å². The molecule has 0 fully saturated rings. The Labute approximate surface area is 327 Å². The van der Waals surface area contributed by atoms with Gasteiger partial charge in [-0.15, -0.1) is 0 Å². The number of hydrogen-bond donors (Lipinski definition) is 0. The molecule has 0 bridgehead atoms. The zero-order chi connectivity index (χ0) is 37.3. The monoisotopic (exact) mass is 714 g/mol. The fraction of sp³-hybridized carbons (Fsp3) is 0. The number of benzene rings is 10. The standard InChI is InChI=1S/C54H38N2/c1-5-19-39(20-6-1)53-47-27-13-15-29-49(47)54(50-30-16-14-28-48(50)53)40-35-37-44(38-36-40)56(43-25-11-4-12-26-43)52-34-18-31-45-46(52)32-17-33-51(45)55(41-21-7-2-8-22-41)42-23-9-3-10-24-42/h1-38H. The number of rotatable bonds is 8. The Balaban J connectivity index is 1.14. The molecular formula is C54H38N2. The van der Waals surface area contributed by atoms with Gasteiger partial charge < -0.3 is 9.80 Å². The summed E-state index contributed by atoms with van der Waals surface area (Å²) >= 11 is 0. The molecule has 0 aliphatic heterocycles. The van der Waals surface area contributed by atoms with Gasteiger partial charge in [-0.2, -0.15) is 0 Å². The fourth-order valence-corrected chi connectivity index (χ4v) is 8.38. The van der Waals surface area contributed by atoms with Crippen LogP contribution >= 0.6 is 0 Å². The van der Waals surface area contributed by atoms with Gasteiger partial charge in [0.25, 0.3) is 0 Å². The molecule has 264 valence electrons. The summed E-state index contributed by atoms with van der Waals surface area (Å²) in [5.74, 6) is 0. The van der Waals surface area contributed by atoms with E-state index in [1.54, 1.807) is 0 Å². The quantitative estimate of drug-likeness (QED) is 0.145. The lowest BCUT2D eigenvalue weighted by molar-refractivity contribution is 1.28. The average molecular weight is 715 g/mol. The minimum Gasteiger partial charge on any atom is -0.310 e. The van der Waals surface area contributed by atoms with E-state index in [4.69, 9.17) is 0 Å². The normalized spacial score (nSPS) is 11.2.